The Balaban J connectivity index is 2.07. The normalized spacial score (nSPS) is 10.6. The van der Waals surface area contributed by atoms with Gasteiger partial charge in [0.05, 0.1) is 6.61 Å². The van der Waals surface area contributed by atoms with Crippen LogP contribution in [0.3, 0.4) is 0 Å². The summed E-state index contributed by atoms with van der Waals surface area (Å²) in [6.45, 7) is 7.36. The van der Waals surface area contributed by atoms with Gasteiger partial charge < -0.3 is 4.74 Å². The number of unbranched alkanes of at least 4 members (excludes halogenated alkanes) is 6. The SMILES string of the molecule is CCCCCCCCCOc1ccc(C)cc1C. The zero-order chi connectivity index (χ0) is 13.2. The van der Waals surface area contributed by atoms with Crippen molar-refractivity contribution in [3.8, 4) is 5.75 Å². The number of benzene rings is 1. The van der Waals surface area contributed by atoms with Gasteiger partial charge in [-0.25, -0.2) is 0 Å². The van der Waals surface area contributed by atoms with E-state index in [0.717, 1.165) is 12.4 Å². The minimum atomic E-state index is 0.859. The van der Waals surface area contributed by atoms with E-state index in [1.807, 2.05) is 0 Å². The minimum Gasteiger partial charge on any atom is -0.493 e. The molecule has 1 rings (SSSR count). The first-order valence-electron chi connectivity index (χ1n) is 7.44. The van der Waals surface area contributed by atoms with Crippen molar-refractivity contribution in [2.75, 3.05) is 6.61 Å². The van der Waals surface area contributed by atoms with Gasteiger partial charge in [-0.1, -0.05) is 63.1 Å². The maximum absolute atomic E-state index is 5.82. The molecular weight excluding hydrogens is 220 g/mol. The Hall–Kier alpha value is -0.980. The van der Waals surface area contributed by atoms with Gasteiger partial charge in [-0.2, -0.15) is 0 Å². The van der Waals surface area contributed by atoms with E-state index in [4.69, 9.17) is 4.74 Å². The highest BCUT2D eigenvalue weighted by Crippen LogP contribution is 2.19. The van der Waals surface area contributed by atoms with Crippen molar-refractivity contribution >= 4 is 0 Å². The molecule has 0 spiro atoms. The van der Waals surface area contributed by atoms with Crippen molar-refractivity contribution in [2.45, 2.75) is 65.7 Å². The van der Waals surface area contributed by atoms with Crippen LogP contribution in [0.1, 0.15) is 63.0 Å². The van der Waals surface area contributed by atoms with Gasteiger partial charge in [0.1, 0.15) is 5.75 Å². The summed E-state index contributed by atoms with van der Waals surface area (Å²) in [6, 6.07) is 6.39. The fraction of sp³-hybridized carbons (Fsp3) is 0.647. The predicted octanol–water partition coefficient (Wildman–Crippen LogP) is 5.43. The summed E-state index contributed by atoms with van der Waals surface area (Å²) in [5, 5.41) is 0. The Bertz CT molecular complexity index is 330. The van der Waals surface area contributed by atoms with Crippen molar-refractivity contribution in [3.05, 3.63) is 29.3 Å². The third-order valence-corrected chi connectivity index (χ3v) is 3.34. The van der Waals surface area contributed by atoms with Crippen molar-refractivity contribution < 1.29 is 4.74 Å². The van der Waals surface area contributed by atoms with Crippen LogP contribution in [0.5, 0.6) is 5.75 Å². The van der Waals surface area contributed by atoms with Gasteiger partial charge in [-0.05, 0) is 31.9 Å². The van der Waals surface area contributed by atoms with E-state index < -0.39 is 0 Å². The molecule has 0 aliphatic rings. The molecule has 0 N–H and O–H groups in total. The average Bonchev–Trinajstić information content (AvgIpc) is 2.35. The molecule has 0 heterocycles. The van der Waals surface area contributed by atoms with Crippen molar-refractivity contribution in [1.29, 1.82) is 0 Å². The van der Waals surface area contributed by atoms with Crippen LogP contribution in [0.25, 0.3) is 0 Å². The second-order valence-corrected chi connectivity index (χ2v) is 5.24. The van der Waals surface area contributed by atoms with Crippen LogP contribution in [-0.4, -0.2) is 6.61 Å². The lowest BCUT2D eigenvalue weighted by atomic mass is 10.1. The quantitative estimate of drug-likeness (QED) is 0.529. The molecule has 0 radical (unpaired) electrons. The van der Waals surface area contributed by atoms with Gasteiger partial charge in [-0.3, -0.25) is 0 Å². The summed E-state index contributed by atoms with van der Waals surface area (Å²) >= 11 is 0. The largest absolute Gasteiger partial charge is 0.493 e. The molecule has 0 saturated carbocycles. The summed E-state index contributed by atoms with van der Waals surface area (Å²) in [5.41, 5.74) is 2.55. The molecule has 0 bridgehead atoms. The molecule has 0 aliphatic carbocycles. The van der Waals surface area contributed by atoms with Crippen LogP contribution < -0.4 is 4.74 Å². The second kappa shape index (κ2) is 9.02. The van der Waals surface area contributed by atoms with Gasteiger partial charge in [0.2, 0.25) is 0 Å². The van der Waals surface area contributed by atoms with E-state index in [-0.39, 0.29) is 0 Å². The zero-order valence-corrected chi connectivity index (χ0v) is 12.3. The first-order chi connectivity index (χ1) is 8.74. The number of aryl methyl sites for hydroxylation is 2. The molecule has 0 amide bonds. The maximum atomic E-state index is 5.82. The third kappa shape index (κ3) is 6.09. The van der Waals surface area contributed by atoms with Crippen LogP contribution in [0, 0.1) is 13.8 Å². The van der Waals surface area contributed by atoms with Crippen LogP contribution in [0.2, 0.25) is 0 Å². The average molecular weight is 248 g/mol. The van der Waals surface area contributed by atoms with Gasteiger partial charge in [0.25, 0.3) is 0 Å². The predicted molar refractivity (Wildman–Crippen MR) is 79.4 cm³/mol. The van der Waals surface area contributed by atoms with E-state index in [1.165, 1.54) is 56.1 Å². The van der Waals surface area contributed by atoms with E-state index in [1.54, 1.807) is 0 Å². The lowest BCUT2D eigenvalue weighted by molar-refractivity contribution is 0.302. The summed E-state index contributed by atoms with van der Waals surface area (Å²) in [7, 11) is 0. The van der Waals surface area contributed by atoms with Crippen LogP contribution in [0.4, 0.5) is 0 Å². The Morgan fingerprint density at radius 1 is 0.889 bits per heavy atom. The van der Waals surface area contributed by atoms with E-state index in [9.17, 15) is 0 Å². The van der Waals surface area contributed by atoms with Crippen LogP contribution >= 0.6 is 0 Å². The van der Waals surface area contributed by atoms with Gasteiger partial charge in [0, 0.05) is 0 Å². The topological polar surface area (TPSA) is 9.23 Å². The molecule has 0 unspecified atom stereocenters. The highest BCUT2D eigenvalue weighted by Gasteiger charge is 1.99. The molecule has 1 aromatic carbocycles. The van der Waals surface area contributed by atoms with E-state index in [0.29, 0.717) is 0 Å². The molecule has 0 saturated heterocycles. The van der Waals surface area contributed by atoms with E-state index in [2.05, 4.69) is 39.0 Å². The molecular formula is C17H28O. The Kier molecular flexibility index (Phi) is 7.55. The lowest BCUT2D eigenvalue weighted by Crippen LogP contribution is -1.99. The van der Waals surface area contributed by atoms with Crippen molar-refractivity contribution in [3.63, 3.8) is 0 Å². The molecule has 0 aromatic heterocycles. The van der Waals surface area contributed by atoms with Crippen molar-refractivity contribution in [1.82, 2.24) is 0 Å². The number of hydrogen-bond donors (Lipinski definition) is 0. The molecule has 1 nitrogen and oxygen atoms in total. The fourth-order valence-corrected chi connectivity index (χ4v) is 2.20. The highest BCUT2D eigenvalue weighted by molar-refractivity contribution is 5.35. The number of ether oxygens (including phenoxy) is 1. The minimum absolute atomic E-state index is 0.859. The summed E-state index contributed by atoms with van der Waals surface area (Å²) in [6.07, 6.45) is 9.34. The molecule has 18 heavy (non-hydrogen) atoms. The Labute approximate surface area is 113 Å². The highest BCUT2D eigenvalue weighted by atomic mass is 16.5. The second-order valence-electron chi connectivity index (χ2n) is 5.24. The summed E-state index contributed by atoms with van der Waals surface area (Å²) in [4.78, 5) is 0. The van der Waals surface area contributed by atoms with Gasteiger partial charge >= 0.3 is 0 Å². The number of hydrogen-bond acceptors (Lipinski definition) is 1. The summed E-state index contributed by atoms with van der Waals surface area (Å²) < 4.78 is 5.82. The third-order valence-electron chi connectivity index (χ3n) is 3.34. The Morgan fingerprint density at radius 3 is 2.22 bits per heavy atom. The first kappa shape index (κ1) is 15.1. The molecule has 102 valence electrons. The monoisotopic (exact) mass is 248 g/mol. The van der Waals surface area contributed by atoms with Crippen LogP contribution in [0.15, 0.2) is 18.2 Å². The smallest absolute Gasteiger partial charge is 0.122 e. The van der Waals surface area contributed by atoms with Gasteiger partial charge in [0.15, 0.2) is 0 Å². The number of rotatable bonds is 9. The maximum Gasteiger partial charge on any atom is 0.122 e. The molecule has 1 heteroatoms. The fourth-order valence-electron chi connectivity index (χ4n) is 2.20. The van der Waals surface area contributed by atoms with Crippen LogP contribution in [-0.2, 0) is 0 Å². The van der Waals surface area contributed by atoms with E-state index >= 15 is 0 Å². The standard InChI is InChI=1S/C17H28O/c1-4-5-6-7-8-9-10-13-18-17-12-11-15(2)14-16(17)3/h11-12,14H,4-10,13H2,1-3H3. The zero-order valence-electron chi connectivity index (χ0n) is 12.3. The Morgan fingerprint density at radius 2 is 1.56 bits per heavy atom. The molecule has 1 aromatic rings. The van der Waals surface area contributed by atoms with Crippen molar-refractivity contribution in [2.24, 2.45) is 0 Å². The molecule has 0 atom stereocenters. The lowest BCUT2D eigenvalue weighted by Gasteiger charge is -2.09. The first-order valence-corrected chi connectivity index (χ1v) is 7.44. The molecule has 0 aliphatic heterocycles. The van der Waals surface area contributed by atoms with Gasteiger partial charge in [-0.15, -0.1) is 0 Å². The molecule has 0 fully saturated rings. The summed E-state index contributed by atoms with van der Waals surface area (Å²) in [5.74, 6) is 1.05.